The van der Waals surface area contributed by atoms with E-state index in [9.17, 15) is 19.4 Å². The summed E-state index contributed by atoms with van der Waals surface area (Å²) in [6.45, 7) is 1.07. The molecule has 2 aromatic carbocycles. The van der Waals surface area contributed by atoms with Crippen LogP contribution in [0.3, 0.4) is 0 Å². The molecule has 1 aliphatic heterocycles. The van der Waals surface area contributed by atoms with Crippen molar-refractivity contribution < 1.29 is 33.3 Å². The van der Waals surface area contributed by atoms with E-state index in [2.05, 4.69) is 10.2 Å². The summed E-state index contributed by atoms with van der Waals surface area (Å²) in [5.74, 6) is -2.61. The predicted molar refractivity (Wildman–Crippen MR) is 131 cm³/mol. The van der Waals surface area contributed by atoms with Crippen LogP contribution in [0.5, 0.6) is 5.75 Å². The molecule has 0 bridgehead atoms. The average molecular weight is 512 g/mol. The lowest BCUT2D eigenvalue weighted by molar-refractivity contribution is -0.157. The van der Waals surface area contributed by atoms with E-state index in [0.717, 1.165) is 5.69 Å². The number of fused-ring (bicyclic) bond motifs is 2. The van der Waals surface area contributed by atoms with Gasteiger partial charge in [0.1, 0.15) is 5.52 Å². The van der Waals surface area contributed by atoms with Crippen LogP contribution in [0, 0.1) is 11.6 Å². The monoisotopic (exact) mass is 511 g/mol. The average Bonchev–Trinajstić information content (AvgIpc) is 3.61. The molecule has 1 saturated heterocycles. The van der Waals surface area contributed by atoms with Crippen molar-refractivity contribution in [3.05, 3.63) is 53.4 Å². The number of aliphatic carboxylic acids is 1. The zero-order valence-electron chi connectivity index (χ0n) is 20.3. The Morgan fingerprint density at radius 3 is 2.70 bits per heavy atom. The summed E-state index contributed by atoms with van der Waals surface area (Å²) >= 11 is 0. The van der Waals surface area contributed by atoms with Gasteiger partial charge in [-0.05, 0) is 61.8 Å². The zero-order chi connectivity index (χ0) is 25.9. The number of nitrogens with one attached hydrogen (secondary N) is 1. The Bertz CT molecular complexity index is 1520. The second-order valence-electron chi connectivity index (χ2n) is 10.0. The molecule has 3 heterocycles. The molecule has 0 amide bonds. The van der Waals surface area contributed by atoms with Gasteiger partial charge in [0.2, 0.25) is 0 Å². The number of carboxylic acid groups (broad SMARTS) is 1. The fraction of sp³-hybridized carbons (Fsp3) is 0.407. The number of aromatic amines is 1. The summed E-state index contributed by atoms with van der Waals surface area (Å²) in [5, 5.41) is 28.2. The first-order valence-electron chi connectivity index (χ1n) is 12.4. The summed E-state index contributed by atoms with van der Waals surface area (Å²) in [4.78, 5) is 11.9. The summed E-state index contributed by atoms with van der Waals surface area (Å²) in [7, 11) is 1.39. The van der Waals surface area contributed by atoms with Gasteiger partial charge in [-0.25, -0.2) is 13.6 Å². The zero-order valence-corrected chi connectivity index (χ0v) is 20.3. The van der Waals surface area contributed by atoms with Crippen molar-refractivity contribution in [2.24, 2.45) is 0 Å². The van der Waals surface area contributed by atoms with E-state index in [4.69, 9.17) is 9.47 Å². The van der Waals surface area contributed by atoms with E-state index in [0.29, 0.717) is 60.0 Å². The molecule has 3 N–H and O–H groups in total. The SMILES string of the molecule is COc1cc(-n2c(C3CCOCC3)c([C@@H]3CC[C@@](O)(C(=O)O)C3)c3c(F)c4[nH]ncc4cc32)ccc1F. The number of carboxylic acids is 1. The predicted octanol–water partition coefficient (Wildman–Crippen LogP) is 4.77. The maximum atomic E-state index is 16.3. The van der Waals surface area contributed by atoms with Gasteiger partial charge in [0.15, 0.2) is 23.0 Å². The van der Waals surface area contributed by atoms with Crippen molar-refractivity contribution in [3.63, 3.8) is 0 Å². The molecule has 2 aliphatic rings. The van der Waals surface area contributed by atoms with Gasteiger partial charge in [0.25, 0.3) is 0 Å². The number of aliphatic hydroxyl groups is 1. The maximum Gasteiger partial charge on any atom is 0.335 e. The minimum absolute atomic E-state index is 0.0124. The molecule has 194 valence electrons. The molecule has 8 nitrogen and oxygen atoms in total. The van der Waals surface area contributed by atoms with Crippen molar-refractivity contribution in [2.75, 3.05) is 20.3 Å². The maximum absolute atomic E-state index is 16.3. The lowest BCUT2D eigenvalue weighted by atomic mass is 9.85. The lowest BCUT2D eigenvalue weighted by Gasteiger charge is -2.27. The fourth-order valence-corrected chi connectivity index (χ4v) is 6.17. The third kappa shape index (κ3) is 3.69. The van der Waals surface area contributed by atoms with Crippen LogP contribution in [0.25, 0.3) is 27.5 Å². The van der Waals surface area contributed by atoms with Crippen LogP contribution in [0.1, 0.15) is 55.2 Å². The van der Waals surface area contributed by atoms with Gasteiger partial charge in [-0.15, -0.1) is 0 Å². The molecule has 1 aliphatic carbocycles. The number of H-pyrrole nitrogens is 1. The Labute approximate surface area is 210 Å². The number of rotatable bonds is 5. The second-order valence-corrected chi connectivity index (χ2v) is 10.0. The summed E-state index contributed by atoms with van der Waals surface area (Å²) < 4.78 is 43.5. The minimum Gasteiger partial charge on any atom is -0.494 e. The first kappa shape index (κ1) is 23.9. The van der Waals surface area contributed by atoms with Crippen molar-refractivity contribution in [1.29, 1.82) is 0 Å². The van der Waals surface area contributed by atoms with Gasteiger partial charge in [-0.2, -0.15) is 5.10 Å². The number of aromatic nitrogens is 3. The van der Waals surface area contributed by atoms with E-state index in [1.54, 1.807) is 18.3 Å². The largest absolute Gasteiger partial charge is 0.494 e. The Kier molecular flexibility index (Phi) is 5.68. The van der Waals surface area contributed by atoms with Gasteiger partial charge >= 0.3 is 5.97 Å². The standard InChI is InChI=1S/C27H27F2N3O5/c1-36-20-11-17(2-3-18(20)28)32-19-10-16-13-30-31-24(16)23(29)22(19)21(25(32)14-5-8-37-9-6-14)15-4-7-27(35,12-15)26(33)34/h2-3,10-11,13-15,35H,4-9,12H2,1H3,(H,30,31)(H,33,34)/t15-,27+/m1/s1. The van der Waals surface area contributed by atoms with Gasteiger partial charge in [-0.3, -0.25) is 5.10 Å². The molecule has 2 atom stereocenters. The first-order chi connectivity index (χ1) is 17.8. The van der Waals surface area contributed by atoms with E-state index in [1.807, 2.05) is 10.6 Å². The molecule has 4 aromatic rings. The molecule has 0 unspecified atom stereocenters. The van der Waals surface area contributed by atoms with Crippen LogP contribution in [-0.2, 0) is 9.53 Å². The molecule has 2 fully saturated rings. The molecule has 0 radical (unpaired) electrons. The Morgan fingerprint density at radius 1 is 1.22 bits per heavy atom. The van der Waals surface area contributed by atoms with Gasteiger partial charge in [-0.1, -0.05) is 0 Å². The molecule has 0 spiro atoms. The number of carbonyl (C=O) groups is 1. The molecular weight excluding hydrogens is 484 g/mol. The molecule has 6 rings (SSSR count). The van der Waals surface area contributed by atoms with Gasteiger partial charge in [0.05, 0.1) is 18.8 Å². The first-order valence-corrected chi connectivity index (χ1v) is 12.4. The number of ether oxygens (including phenoxy) is 2. The third-order valence-corrected chi connectivity index (χ3v) is 7.98. The lowest BCUT2D eigenvalue weighted by Crippen LogP contribution is -2.35. The highest BCUT2D eigenvalue weighted by molar-refractivity contribution is 6.00. The summed E-state index contributed by atoms with van der Waals surface area (Å²) in [6.07, 6.45) is 3.38. The molecule has 2 aromatic heterocycles. The molecule has 10 heteroatoms. The van der Waals surface area contributed by atoms with Crippen LogP contribution < -0.4 is 4.74 Å². The Balaban J connectivity index is 1.70. The van der Waals surface area contributed by atoms with E-state index < -0.39 is 23.2 Å². The molecular formula is C27H27F2N3O5. The Hall–Kier alpha value is -3.50. The van der Waals surface area contributed by atoms with Crippen molar-refractivity contribution in [1.82, 2.24) is 14.8 Å². The minimum atomic E-state index is -1.88. The van der Waals surface area contributed by atoms with E-state index in [-0.39, 0.29) is 35.9 Å². The third-order valence-electron chi connectivity index (χ3n) is 7.98. The van der Waals surface area contributed by atoms with Crippen molar-refractivity contribution >= 4 is 27.8 Å². The number of halogens is 2. The highest BCUT2D eigenvalue weighted by atomic mass is 19.1. The smallest absolute Gasteiger partial charge is 0.335 e. The van der Waals surface area contributed by atoms with E-state index >= 15 is 4.39 Å². The van der Waals surface area contributed by atoms with Crippen LogP contribution in [0.2, 0.25) is 0 Å². The van der Waals surface area contributed by atoms with Crippen LogP contribution in [0.15, 0.2) is 30.5 Å². The summed E-state index contributed by atoms with van der Waals surface area (Å²) in [5.41, 5.74) is 1.09. The molecule has 37 heavy (non-hydrogen) atoms. The van der Waals surface area contributed by atoms with Crippen LogP contribution >= 0.6 is 0 Å². The number of hydrogen-bond donors (Lipinski definition) is 3. The topological polar surface area (TPSA) is 110 Å². The second kappa shape index (κ2) is 8.81. The number of hydrogen-bond acceptors (Lipinski definition) is 5. The highest BCUT2D eigenvalue weighted by Crippen LogP contribution is 2.50. The number of nitrogens with zero attached hydrogens (tertiary/aromatic N) is 2. The Morgan fingerprint density at radius 2 is 2.00 bits per heavy atom. The fourth-order valence-electron chi connectivity index (χ4n) is 6.17. The van der Waals surface area contributed by atoms with Crippen LogP contribution in [0.4, 0.5) is 8.78 Å². The van der Waals surface area contributed by atoms with Gasteiger partial charge in [0, 0.05) is 47.4 Å². The summed E-state index contributed by atoms with van der Waals surface area (Å²) in [6, 6.07) is 6.38. The normalized spacial score (nSPS) is 22.8. The van der Waals surface area contributed by atoms with Crippen molar-refractivity contribution in [2.45, 2.75) is 49.5 Å². The van der Waals surface area contributed by atoms with Gasteiger partial charge < -0.3 is 24.3 Å². The van der Waals surface area contributed by atoms with E-state index in [1.165, 1.54) is 13.2 Å². The molecule has 1 saturated carbocycles. The number of benzene rings is 2. The number of methoxy groups -OCH3 is 1. The van der Waals surface area contributed by atoms with Crippen molar-refractivity contribution in [3.8, 4) is 11.4 Å². The quantitative estimate of drug-likeness (QED) is 0.356. The van der Waals surface area contributed by atoms with Crippen LogP contribution in [-0.4, -0.2) is 56.9 Å². The highest BCUT2D eigenvalue weighted by Gasteiger charge is 2.46.